The number of aliphatic hydroxyl groups excluding tert-OH is 1. The van der Waals surface area contributed by atoms with Crippen molar-refractivity contribution in [3.63, 3.8) is 0 Å². The Labute approximate surface area is 122 Å². The summed E-state index contributed by atoms with van der Waals surface area (Å²) in [4.78, 5) is 35.4. The summed E-state index contributed by atoms with van der Waals surface area (Å²) in [5.41, 5.74) is 5.36. The van der Waals surface area contributed by atoms with Gasteiger partial charge < -0.3 is 15.9 Å². The van der Waals surface area contributed by atoms with Gasteiger partial charge in [0.05, 0.1) is 0 Å². The first-order chi connectivity index (χ1) is 9.84. The average molecular weight is 294 g/mol. The van der Waals surface area contributed by atoms with Crippen LogP contribution in [0.1, 0.15) is 19.8 Å². The number of carbonyl (C=O) groups excluding carboxylic acids is 2. The number of carbonyl (C=O) groups is 3. The molecule has 21 heavy (non-hydrogen) atoms. The van der Waals surface area contributed by atoms with Crippen molar-refractivity contribution in [1.29, 1.82) is 0 Å². The van der Waals surface area contributed by atoms with E-state index in [0.29, 0.717) is 5.69 Å². The van der Waals surface area contributed by atoms with Gasteiger partial charge in [-0.2, -0.15) is 0 Å². The molecule has 2 unspecified atom stereocenters. The van der Waals surface area contributed by atoms with Crippen LogP contribution in [0, 0.1) is 0 Å². The number of aliphatic carboxylic acids is 1. The van der Waals surface area contributed by atoms with E-state index >= 15 is 0 Å². The summed E-state index contributed by atoms with van der Waals surface area (Å²) in [5, 5.41) is 18.8. The number of anilines is 1. The number of nitrogens with zero attached hydrogens (tertiary/aromatic N) is 1. The molecule has 0 saturated heterocycles. The van der Waals surface area contributed by atoms with Crippen LogP contribution in [-0.4, -0.2) is 40.1 Å². The Morgan fingerprint density at radius 3 is 2.24 bits per heavy atom. The maximum atomic E-state index is 12.1. The van der Waals surface area contributed by atoms with E-state index in [1.807, 2.05) is 0 Å². The molecule has 1 aromatic rings. The number of nitrogens with two attached hydrogens (primary N) is 1. The highest BCUT2D eigenvalue weighted by atomic mass is 16.4. The van der Waals surface area contributed by atoms with Gasteiger partial charge in [-0.15, -0.1) is 0 Å². The lowest BCUT2D eigenvalue weighted by atomic mass is 10.1. The molecule has 114 valence electrons. The van der Waals surface area contributed by atoms with Crippen molar-refractivity contribution in [2.24, 2.45) is 5.73 Å². The molecule has 7 nitrogen and oxygen atoms in total. The summed E-state index contributed by atoms with van der Waals surface area (Å²) in [6.07, 6.45) is -1.66. The quantitative estimate of drug-likeness (QED) is 0.659. The fourth-order valence-electron chi connectivity index (χ4n) is 1.89. The molecule has 0 radical (unpaired) electrons. The predicted octanol–water partition coefficient (Wildman–Crippen LogP) is 0.119. The maximum Gasteiger partial charge on any atom is 0.326 e. The van der Waals surface area contributed by atoms with Crippen molar-refractivity contribution in [1.82, 2.24) is 0 Å². The molecule has 0 aromatic heterocycles. The largest absolute Gasteiger partial charge is 0.480 e. The van der Waals surface area contributed by atoms with Crippen molar-refractivity contribution in [2.75, 3.05) is 4.90 Å². The second-order valence-corrected chi connectivity index (χ2v) is 4.58. The first-order valence-electron chi connectivity index (χ1n) is 6.42. The van der Waals surface area contributed by atoms with Gasteiger partial charge in [-0.1, -0.05) is 18.2 Å². The van der Waals surface area contributed by atoms with Gasteiger partial charge in [-0.3, -0.25) is 14.5 Å². The zero-order valence-electron chi connectivity index (χ0n) is 11.6. The average Bonchev–Trinajstić information content (AvgIpc) is 2.42. The fourth-order valence-corrected chi connectivity index (χ4v) is 1.89. The van der Waals surface area contributed by atoms with Crippen molar-refractivity contribution in [3.05, 3.63) is 30.3 Å². The summed E-state index contributed by atoms with van der Waals surface area (Å²) in [6, 6.07) is 6.84. The number of amides is 2. The number of rotatable bonds is 7. The first kappa shape index (κ1) is 16.6. The molecular formula is C14H18N2O5. The minimum atomic E-state index is -1.36. The third-order valence-corrected chi connectivity index (χ3v) is 2.89. The molecule has 2 amide bonds. The minimum absolute atomic E-state index is 0.127. The van der Waals surface area contributed by atoms with Gasteiger partial charge in [0.25, 0.3) is 5.91 Å². The van der Waals surface area contributed by atoms with Crippen molar-refractivity contribution >= 4 is 23.5 Å². The Hall–Kier alpha value is -2.41. The Kier molecular flexibility index (Phi) is 5.86. The standard InChI is InChI=1S/C14H18N2O5/c1-9(17)13(19)16(10-5-3-2-4-6-10)11(14(20)21)7-8-12(15)18/h2-6,9,11,17H,7-8H2,1H3,(H2,15,18)(H,20,21). The highest BCUT2D eigenvalue weighted by Crippen LogP contribution is 2.21. The van der Waals surface area contributed by atoms with Gasteiger partial charge in [0.15, 0.2) is 0 Å². The van der Waals surface area contributed by atoms with Crippen LogP contribution >= 0.6 is 0 Å². The Balaban J connectivity index is 3.16. The molecule has 0 fully saturated rings. The second-order valence-electron chi connectivity index (χ2n) is 4.58. The van der Waals surface area contributed by atoms with E-state index < -0.39 is 29.9 Å². The van der Waals surface area contributed by atoms with Crippen LogP contribution in [-0.2, 0) is 14.4 Å². The molecule has 7 heteroatoms. The van der Waals surface area contributed by atoms with Crippen LogP contribution in [0.25, 0.3) is 0 Å². The van der Waals surface area contributed by atoms with Gasteiger partial charge in [-0.05, 0) is 25.5 Å². The first-order valence-corrected chi connectivity index (χ1v) is 6.42. The van der Waals surface area contributed by atoms with Crippen LogP contribution < -0.4 is 10.6 Å². The molecule has 0 aliphatic carbocycles. The number of hydrogen-bond acceptors (Lipinski definition) is 4. The van der Waals surface area contributed by atoms with Gasteiger partial charge in [-0.25, -0.2) is 4.79 Å². The molecule has 1 rings (SSSR count). The molecule has 4 N–H and O–H groups in total. The van der Waals surface area contributed by atoms with Crippen LogP contribution in [0.2, 0.25) is 0 Å². The van der Waals surface area contributed by atoms with E-state index in [4.69, 9.17) is 5.73 Å². The van der Waals surface area contributed by atoms with Gasteiger partial charge in [0, 0.05) is 12.1 Å². The lowest BCUT2D eigenvalue weighted by molar-refractivity contribution is -0.141. The lowest BCUT2D eigenvalue weighted by Crippen LogP contribution is -2.49. The van der Waals surface area contributed by atoms with E-state index in [1.54, 1.807) is 30.3 Å². The number of hydrogen-bond donors (Lipinski definition) is 3. The number of benzene rings is 1. The van der Waals surface area contributed by atoms with Gasteiger partial charge >= 0.3 is 5.97 Å². The lowest BCUT2D eigenvalue weighted by Gasteiger charge is -2.30. The third-order valence-electron chi connectivity index (χ3n) is 2.89. The number of primary amides is 1. The SMILES string of the molecule is CC(O)C(=O)N(c1ccccc1)C(CCC(N)=O)C(=O)O. The predicted molar refractivity (Wildman–Crippen MR) is 75.5 cm³/mol. The summed E-state index contributed by atoms with van der Waals surface area (Å²) >= 11 is 0. The van der Waals surface area contributed by atoms with E-state index in [2.05, 4.69) is 0 Å². The zero-order chi connectivity index (χ0) is 16.0. The number of aliphatic hydroxyl groups is 1. The molecule has 0 aliphatic heterocycles. The number of carboxylic acid groups (broad SMARTS) is 1. The van der Waals surface area contributed by atoms with Crippen LogP contribution in [0.15, 0.2) is 30.3 Å². The van der Waals surface area contributed by atoms with E-state index in [9.17, 15) is 24.6 Å². The highest BCUT2D eigenvalue weighted by molar-refractivity contribution is 6.01. The molecule has 2 atom stereocenters. The fraction of sp³-hybridized carbons (Fsp3) is 0.357. The van der Waals surface area contributed by atoms with Crippen LogP contribution in [0.5, 0.6) is 0 Å². The molecule has 0 saturated carbocycles. The summed E-state index contributed by atoms with van der Waals surface area (Å²) < 4.78 is 0. The summed E-state index contributed by atoms with van der Waals surface area (Å²) in [5.74, 6) is -2.68. The normalized spacial score (nSPS) is 13.2. The topological polar surface area (TPSA) is 121 Å². The van der Waals surface area contributed by atoms with E-state index in [1.165, 1.54) is 6.92 Å². The molecule has 0 bridgehead atoms. The number of carboxylic acids is 1. The molecule has 0 aliphatic rings. The zero-order valence-corrected chi connectivity index (χ0v) is 11.6. The minimum Gasteiger partial charge on any atom is -0.480 e. The van der Waals surface area contributed by atoms with Crippen LogP contribution in [0.4, 0.5) is 5.69 Å². The van der Waals surface area contributed by atoms with Gasteiger partial charge in [0.1, 0.15) is 12.1 Å². The molecule has 1 aromatic carbocycles. The Morgan fingerprint density at radius 1 is 1.24 bits per heavy atom. The third kappa shape index (κ3) is 4.57. The monoisotopic (exact) mass is 294 g/mol. The van der Waals surface area contributed by atoms with Crippen molar-refractivity contribution in [2.45, 2.75) is 31.9 Å². The van der Waals surface area contributed by atoms with Gasteiger partial charge in [0.2, 0.25) is 5.91 Å². The Bertz CT molecular complexity index is 515. The van der Waals surface area contributed by atoms with Crippen LogP contribution in [0.3, 0.4) is 0 Å². The summed E-state index contributed by atoms with van der Waals surface area (Å²) in [7, 11) is 0. The van der Waals surface area contributed by atoms with E-state index in [0.717, 1.165) is 4.90 Å². The van der Waals surface area contributed by atoms with E-state index in [-0.39, 0.29) is 12.8 Å². The molecular weight excluding hydrogens is 276 g/mol. The smallest absolute Gasteiger partial charge is 0.326 e. The second kappa shape index (κ2) is 7.39. The number of para-hydroxylation sites is 1. The van der Waals surface area contributed by atoms with Crippen molar-refractivity contribution < 1.29 is 24.6 Å². The van der Waals surface area contributed by atoms with Crippen molar-refractivity contribution in [3.8, 4) is 0 Å². The highest BCUT2D eigenvalue weighted by Gasteiger charge is 2.32. The molecule has 0 heterocycles. The maximum absolute atomic E-state index is 12.1. The Morgan fingerprint density at radius 2 is 1.81 bits per heavy atom. The molecule has 0 spiro atoms. The summed E-state index contributed by atoms with van der Waals surface area (Å²) in [6.45, 7) is 1.26.